The van der Waals surface area contributed by atoms with E-state index in [0.29, 0.717) is 11.5 Å². The number of carboxylic acids is 1. The molecule has 1 aliphatic rings. The van der Waals surface area contributed by atoms with Gasteiger partial charge in [-0.3, -0.25) is 9.00 Å². The van der Waals surface area contributed by atoms with E-state index >= 15 is 0 Å². The van der Waals surface area contributed by atoms with Gasteiger partial charge in [0, 0.05) is 23.4 Å². The van der Waals surface area contributed by atoms with E-state index in [0.717, 1.165) is 66.2 Å². The zero-order valence-electron chi connectivity index (χ0n) is 20.5. The summed E-state index contributed by atoms with van der Waals surface area (Å²) in [6.45, 7) is 5.36. The molecule has 0 aromatic heterocycles. The lowest BCUT2D eigenvalue weighted by Gasteiger charge is -2.37. The molecule has 2 aromatic rings. The fourth-order valence-corrected chi connectivity index (χ4v) is 6.92. The van der Waals surface area contributed by atoms with Crippen LogP contribution in [0.15, 0.2) is 52.3 Å². The highest BCUT2D eigenvalue weighted by molar-refractivity contribution is 7.98. The van der Waals surface area contributed by atoms with Crippen molar-refractivity contribution in [3.05, 3.63) is 42.5 Å². The molecule has 3 rings (SSSR count). The van der Waals surface area contributed by atoms with Gasteiger partial charge in [0.25, 0.3) is 0 Å². The van der Waals surface area contributed by atoms with E-state index in [4.69, 9.17) is 9.84 Å². The smallest absolute Gasteiger partial charge is 0.306 e. The van der Waals surface area contributed by atoms with Crippen molar-refractivity contribution in [2.24, 2.45) is 5.41 Å². The Kier molecular flexibility index (Phi) is 9.89. The van der Waals surface area contributed by atoms with Crippen LogP contribution in [0.25, 0.3) is 0 Å². The number of unbranched alkanes of at least 4 members (excludes halogenated alkanes) is 2. The van der Waals surface area contributed by atoms with Crippen molar-refractivity contribution in [2.75, 3.05) is 30.1 Å². The van der Waals surface area contributed by atoms with Gasteiger partial charge in [-0.1, -0.05) is 57.7 Å². The Morgan fingerprint density at radius 3 is 2.41 bits per heavy atom. The average Bonchev–Trinajstić information content (AvgIpc) is 2.96. The van der Waals surface area contributed by atoms with Crippen LogP contribution in [0.4, 0.5) is 11.4 Å². The standard InChI is InChI=1S/C27H37NO4S2/c1-4-6-14-27(15-7-5-2)19-28(21-11-9-8-10-12-21)22-17-24(33-3)23(32-16-13-26(29)30)18-25(22)34(31)20-27/h8-12,17-18H,4-7,13-16,19-20H2,1-3H3,(H,29,30). The summed E-state index contributed by atoms with van der Waals surface area (Å²) in [6.07, 6.45) is 8.53. The molecule has 1 unspecified atom stereocenters. The number of carboxylic acid groups (broad SMARTS) is 1. The molecule has 0 bridgehead atoms. The van der Waals surface area contributed by atoms with Crippen LogP contribution < -0.4 is 9.64 Å². The number of aliphatic carboxylic acids is 1. The van der Waals surface area contributed by atoms with E-state index < -0.39 is 16.8 Å². The minimum Gasteiger partial charge on any atom is -0.492 e. The largest absolute Gasteiger partial charge is 0.492 e. The van der Waals surface area contributed by atoms with Crippen LogP contribution in [-0.4, -0.2) is 40.4 Å². The third kappa shape index (κ3) is 6.57. The first-order chi connectivity index (χ1) is 16.4. The number of carbonyl (C=O) groups is 1. The maximum atomic E-state index is 13.9. The van der Waals surface area contributed by atoms with Crippen LogP contribution in [-0.2, 0) is 15.6 Å². The maximum absolute atomic E-state index is 13.9. The number of thioether (sulfide) groups is 1. The lowest BCUT2D eigenvalue weighted by atomic mass is 9.79. The molecule has 0 amide bonds. The van der Waals surface area contributed by atoms with Crippen molar-refractivity contribution < 1.29 is 18.8 Å². The summed E-state index contributed by atoms with van der Waals surface area (Å²) in [7, 11) is -1.19. The molecular weight excluding hydrogens is 466 g/mol. The van der Waals surface area contributed by atoms with Gasteiger partial charge in [0.1, 0.15) is 5.75 Å². The molecule has 0 saturated carbocycles. The molecule has 1 aliphatic heterocycles. The Balaban J connectivity index is 2.11. The number of nitrogens with zero attached hydrogens (tertiary/aromatic N) is 1. The van der Waals surface area contributed by atoms with Crippen molar-refractivity contribution in [2.45, 2.75) is 68.6 Å². The second-order valence-electron chi connectivity index (χ2n) is 9.08. The molecule has 0 spiro atoms. The van der Waals surface area contributed by atoms with Crippen LogP contribution in [0.3, 0.4) is 0 Å². The SMILES string of the molecule is CCCCC1(CCCC)CN(c2ccccc2)c2cc(SC)c(OCCC(=O)O)cc2S(=O)C1. The molecule has 0 radical (unpaired) electrons. The van der Waals surface area contributed by atoms with Crippen molar-refractivity contribution in [3.63, 3.8) is 0 Å². The molecule has 0 saturated heterocycles. The lowest BCUT2D eigenvalue weighted by molar-refractivity contribution is -0.137. The normalized spacial score (nSPS) is 17.1. The first-order valence-electron chi connectivity index (χ1n) is 12.2. The highest BCUT2D eigenvalue weighted by Crippen LogP contribution is 2.46. The third-order valence-electron chi connectivity index (χ3n) is 6.47. The van der Waals surface area contributed by atoms with Crippen LogP contribution in [0.1, 0.15) is 58.8 Å². The summed E-state index contributed by atoms with van der Waals surface area (Å²) >= 11 is 1.56. The fourth-order valence-electron chi connectivity index (χ4n) is 4.64. The summed E-state index contributed by atoms with van der Waals surface area (Å²) in [5.74, 6) is 0.357. The Morgan fingerprint density at radius 1 is 1.15 bits per heavy atom. The number of anilines is 2. The quantitative estimate of drug-likeness (QED) is 0.318. The topological polar surface area (TPSA) is 66.8 Å². The van der Waals surface area contributed by atoms with Crippen LogP contribution in [0.5, 0.6) is 5.75 Å². The van der Waals surface area contributed by atoms with E-state index in [9.17, 15) is 9.00 Å². The van der Waals surface area contributed by atoms with Gasteiger partial charge in [0.05, 0.1) is 39.3 Å². The number of hydrogen-bond acceptors (Lipinski definition) is 5. The summed E-state index contributed by atoms with van der Waals surface area (Å²) < 4.78 is 19.7. The van der Waals surface area contributed by atoms with Gasteiger partial charge in [-0.2, -0.15) is 0 Å². The van der Waals surface area contributed by atoms with Gasteiger partial charge in [-0.15, -0.1) is 11.8 Å². The van der Waals surface area contributed by atoms with Crippen LogP contribution >= 0.6 is 11.8 Å². The molecular formula is C27H37NO4S2. The number of benzene rings is 2. The summed E-state index contributed by atoms with van der Waals surface area (Å²) in [5, 5.41) is 9.01. The van der Waals surface area contributed by atoms with Crippen LogP contribution in [0.2, 0.25) is 0 Å². The van der Waals surface area contributed by atoms with E-state index in [1.807, 2.05) is 18.4 Å². The summed E-state index contributed by atoms with van der Waals surface area (Å²) in [6, 6.07) is 14.3. The maximum Gasteiger partial charge on any atom is 0.306 e. The van der Waals surface area contributed by atoms with Crippen molar-refractivity contribution >= 4 is 39.9 Å². The van der Waals surface area contributed by atoms with Gasteiger partial charge in [0.2, 0.25) is 0 Å². The fraction of sp³-hybridized carbons (Fsp3) is 0.519. The van der Waals surface area contributed by atoms with Gasteiger partial charge in [0.15, 0.2) is 0 Å². The van der Waals surface area contributed by atoms with Gasteiger partial charge >= 0.3 is 5.97 Å². The van der Waals surface area contributed by atoms with E-state index in [1.165, 1.54) is 0 Å². The second kappa shape index (κ2) is 12.6. The van der Waals surface area contributed by atoms with Crippen LogP contribution in [0, 0.1) is 5.41 Å². The molecule has 1 atom stereocenters. The highest BCUT2D eigenvalue weighted by Gasteiger charge is 2.39. The highest BCUT2D eigenvalue weighted by atomic mass is 32.2. The third-order valence-corrected chi connectivity index (χ3v) is 8.93. The molecule has 1 heterocycles. The number of rotatable bonds is 12. The lowest BCUT2D eigenvalue weighted by Crippen LogP contribution is -2.37. The molecule has 2 aromatic carbocycles. The number of hydrogen-bond donors (Lipinski definition) is 1. The van der Waals surface area contributed by atoms with Crippen molar-refractivity contribution in [1.82, 2.24) is 0 Å². The second-order valence-corrected chi connectivity index (χ2v) is 11.3. The molecule has 34 heavy (non-hydrogen) atoms. The van der Waals surface area contributed by atoms with Crippen molar-refractivity contribution in [1.29, 1.82) is 0 Å². The Morgan fingerprint density at radius 2 is 1.82 bits per heavy atom. The van der Waals surface area contributed by atoms with Gasteiger partial charge in [-0.25, -0.2) is 0 Å². The molecule has 5 nitrogen and oxygen atoms in total. The number of ether oxygens (including phenoxy) is 1. The first kappa shape index (κ1) is 26.6. The summed E-state index contributed by atoms with van der Waals surface area (Å²) in [5.41, 5.74) is 2.04. The Labute approximate surface area is 210 Å². The number of fused-ring (bicyclic) bond motifs is 1. The predicted molar refractivity (Wildman–Crippen MR) is 142 cm³/mol. The summed E-state index contributed by atoms with van der Waals surface area (Å²) in [4.78, 5) is 15.0. The Hall–Kier alpha value is -1.99. The molecule has 186 valence electrons. The molecule has 1 N–H and O–H groups in total. The van der Waals surface area contributed by atoms with Gasteiger partial charge < -0.3 is 14.7 Å². The average molecular weight is 504 g/mol. The van der Waals surface area contributed by atoms with E-state index in [-0.39, 0.29) is 18.4 Å². The monoisotopic (exact) mass is 503 g/mol. The van der Waals surface area contributed by atoms with Gasteiger partial charge in [-0.05, 0) is 43.4 Å². The minimum atomic E-state index is -1.19. The first-order valence-corrected chi connectivity index (χ1v) is 14.7. The number of para-hydroxylation sites is 1. The van der Waals surface area contributed by atoms with Crippen molar-refractivity contribution in [3.8, 4) is 5.75 Å². The predicted octanol–water partition coefficient (Wildman–Crippen LogP) is 6.89. The molecule has 7 heteroatoms. The zero-order valence-corrected chi connectivity index (χ0v) is 22.2. The minimum absolute atomic E-state index is 0.0322. The Bertz CT molecular complexity index is 972. The molecule has 0 fully saturated rings. The van der Waals surface area contributed by atoms with E-state index in [1.54, 1.807) is 11.8 Å². The van der Waals surface area contributed by atoms with E-state index in [2.05, 4.69) is 49.1 Å². The molecule has 0 aliphatic carbocycles. The zero-order chi connectivity index (χ0) is 24.6.